The molecule has 3 rings (SSSR count). The Morgan fingerprint density at radius 1 is 1.16 bits per heavy atom. The number of carbonyl (C=O) groups is 1. The third kappa shape index (κ3) is 3.94. The van der Waals surface area contributed by atoms with E-state index in [4.69, 9.17) is 9.47 Å². The highest BCUT2D eigenvalue weighted by Crippen LogP contribution is 2.35. The SMILES string of the molecule is CCCc1ccc(C(=O)NCC(C)(O)c2ccc3c(c2)OCO3)cc1. The maximum absolute atomic E-state index is 12.3. The molecule has 2 aromatic rings. The van der Waals surface area contributed by atoms with Crippen molar-refractivity contribution in [3.8, 4) is 11.5 Å². The van der Waals surface area contributed by atoms with Crippen LogP contribution >= 0.6 is 0 Å². The lowest BCUT2D eigenvalue weighted by Crippen LogP contribution is -2.38. The van der Waals surface area contributed by atoms with Crippen LogP contribution in [0.4, 0.5) is 0 Å². The van der Waals surface area contributed by atoms with Crippen LogP contribution in [0.3, 0.4) is 0 Å². The first-order valence-electron chi connectivity index (χ1n) is 8.49. The lowest BCUT2D eigenvalue weighted by molar-refractivity contribution is 0.0525. The van der Waals surface area contributed by atoms with Gasteiger partial charge in [-0.05, 0) is 48.7 Å². The van der Waals surface area contributed by atoms with Crippen molar-refractivity contribution < 1.29 is 19.4 Å². The van der Waals surface area contributed by atoms with Gasteiger partial charge in [-0.1, -0.05) is 31.5 Å². The van der Waals surface area contributed by atoms with E-state index in [9.17, 15) is 9.90 Å². The number of benzene rings is 2. The van der Waals surface area contributed by atoms with Crippen LogP contribution in [0.15, 0.2) is 42.5 Å². The van der Waals surface area contributed by atoms with E-state index in [0.717, 1.165) is 12.8 Å². The molecule has 2 N–H and O–H groups in total. The van der Waals surface area contributed by atoms with Crippen molar-refractivity contribution in [2.45, 2.75) is 32.3 Å². The van der Waals surface area contributed by atoms with Gasteiger partial charge < -0.3 is 19.9 Å². The van der Waals surface area contributed by atoms with E-state index in [1.165, 1.54) is 5.56 Å². The molecule has 5 heteroatoms. The molecule has 2 aromatic carbocycles. The third-order valence-corrected chi connectivity index (χ3v) is 4.34. The van der Waals surface area contributed by atoms with Crippen LogP contribution in [-0.2, 0) is 12.0 Å². The van der Waals surface area contributed by atoms with E-state index in [-0.39, 0.29) is 19.2 Å². The Morgan fingerprint density at radius 3 is 2.60 bits per heavy atom. The average Bonchev–Trinajstić information content (AvgIpc) is 3.08. The second-order valence-electron chi connectivity index (χ2n) is 6.47. The molecule has 0 saturated carbocycles. The van der Waals surface area contributed by atoms with Crippen LogP contribution in [0.5, 0.6) is 11.5 Å². The van der Waals surface area contributed by atoms with Crippen LogP contribution < -0.4 is 14.8 Å². The van der Waals surface area contributed by atoms with Gasteiger partial charge >= 0.3 is 0 Å². The number of nitrogens with one attached hydrogen (secondary N) is 1. The Hall–Kier alpha value is -2.53. The van der Waals surface area contributed by atoms with E-state index in [2.05, 4.69) is 12.2 Å². The highest BCUT2D eigenvalue weighted by Gasteiger charge is 2.26. The summed E-state index contributed by atoms with van der Waals surface area (Å²) in [5.41, 5.74) is 1.25. The molecule has 0 aliphatic carbocycles. The monoisotopic (exact) mass is 341 g/mol. The van der Waals surface area contributed by atoms with Gasteiger partial charge in [0.25, 0.3) is 5.91 Å². The van der Waals surface area contributed by atoms with Crippen molar-refractivity contribution in [2.75, 3.05) is 13.3 Å². The molecule has 1 aliphatic rings. The topological polar surface area (TPSA) is 67.8 Å². The molecular formula is C20H23NO4. The number of hydrogen-bond acceptors (Lipinski definition) is 4. The Labute approximate surface area is 147 Å². The van der Waals surface area contributed by atoms with Gasteiger partial charge in [-0.15, -0.1) is 0 Å². The second kappa shape index (κ2) is 7.15. The number of amides is 1. The lowest BCUT2D eigenvalue weighted by atomic mass is 9.95. The quantitative estimate of drug-likeness (QED) is 0.847. The first-order chi connectivity index (χ1) is 12.0. The van der Waals surface area contributed by atoms with Crippen LogP contribution in [0.25, 0.3) is 0 Å². The number of ether oxygens (including phenoxy) is 2. The molecule has 0 bridgehead atoms. The fourth-order valence-corrected chi connectivity index (χ4v) is 2.80. The summed E-state index contributed by atoms with van der Waals surface area (Å²) >= 11 is 0. The fourth-order valence-electron chi connectivity index (χ4n) is 2.80. The maximum Gasteiger partial charge on any atom is 0.251 e. The number of hydrogen-bond donors (Lipinski definition) is 2. The van der Waals surface area contributed by atoms with E-state index in [1.54, 1.807) is 25.1 Å². The predicted octanol–water partition coefficient (Wildman–Crippen LogP) is 3.01. The van der Waals surface area contributed by atoms with E-state index >= 15 is 0 Å². The van der Waals surface area contributed by atoms with E-state index in [1.807, 2.05) is 24.3 Å². The van der Waals surface area contributed by atoms with Gasteiger partial charge in [0.05, 0.1) is 6.54 Å². The molecule has 1 aliphatic heterocycles. The molecule has 132 valence electrons. The summed E-state index contributed by atoms with van der Waals surface area (Å²) in [4.78, 5) is 12.3. The Kier molecular flexibility index (Phi) is 4.95. The number of carbonyl (C=O) groups excluding carboxylic acids is 1. The minimum Gasteiger partial charge on any atom is -0.454 e. The largest absolute Gasteiger partial charge is 0.454 e. The van der Waals surface area contributed by atoms with Crippen molar-refractivity contribution in [1.82, 2.24) is 5.32 Å². The molecule has 25 heavy (non-hydrogen) atoms. The zero-order chi connectivity index (χ0) is 17.9. The Balaban J connectivity index is 1.64. The number of fused-ring (bicyclic) bond motifs is 1. The summed E-state index contributed by atoms with van der Waals surface area (Å²) in [6.07, 6.45) is 2.07. The van der Waals surface area contributed by atoms with Gasteiger partial charge in [0.2, 0.25) is 6.79 Å². The maximum atomic E-state index is 12.3. The highest BCUT2D eigenvalue weighted by atomic mass is 16.7. The van der Waals surface area contributed by atoms with Gasteiger partial charge in [-0.2, -0.15) is 0 Å². The molecule has 1 heterocycles. The summed E-state index contributed by atoms with van der Waals surface area (Å²) in [7, 11) is 0. The summed E-state index contributed by atoms with van der Waals surface area (Å²) in [6, 6.07) is 12.8. The molecule has 1 amide bonds. The van der Waals surface area contributed by atoms with Crippen molar-refractivity contribution in [3.05, 3.63) is 59.2 Å². The molecule has 0 spiro atoms. The minimum atomic E-state index is -1.21. The smallest absolute Gasteiger partial charge is 0.251 e. The summed E-state index contributed by atoms with van der Waals surface area (Å²) in [5, 5.41) is 13.5. The van der Waals surface area contributed by atoms with E-state index in [0.29, 0.717) is 22.6 Å². The zero-order valence-corrected chi connectivity index (χ0v) is 14.5. The summed E-state index contributed by atoms with van der Waals surface area (Å²) in [5.74, 6) is 1.07. The Bertz CT molecular complexity index is 753. The molecule has 0 radical (unpaired) electrons. The number of aryl methyl sites for hydroxylation is 1. The van der Waals surface area contributed by atoms with Gasteiger partial charge in [0.1, 0.15) is 5.60 Å². The molecule has 5 nitrogen and oxygen atoms in total. The Morgan fingerprint density at radius 2 is 1.88 bits per heavy atom. The zero-order valence-electron chi connectivity index (χ0n) is 14.5. The van der Waals surface area contributed by atoms with Crippen molar-refractivity contribution >= 4 is 5.91 Å². The predicted molar refractivity (Wildman–Crippen MR) is 94.9 cm³/mol. The molecular weight excluding hydrogens is 318 g/mol. The van der Waals surface area contributed by atoms with Crippen molar-refractivity contribution in [2.24, 2.45) is 0 Å². The van der Waals surface area contributed by atoms with Gasteiger partial charge in [-0.25, -0.2) is 0 Å². The normalized spacial score (nSPS) is 14.8. The molecule has 1 unspecified atom stereocenters. The summed E-state index contributed by atoms with van der Waals surface area (Å²) < 4.78 is 10.6. The molecule has 1 atom stereocenters. The standard InChI is InChI=1S/C20H23NO4/c1-3-4-14-5-7-15(8-6-14)19(22)21-12-20(2,23)16-9-10-17-18(11-16)25-13-24-17/h5-11,23H,3-4,12-13H2,1-2H3,(H,21,22). The van der Waals surface area contributed by atoms with Crippen LogP contribution in [0.1, 0.15) is 41.8 Å². The van der Waals surface area contributed by atoms with Crippen molar-refractivity contribution in [1.29, 1.82) is 0 Å². The summed E-state index contributed by atoms with van der Waals surface area (Å²) in [6.45, 7) is 4.07. The van der Waals surface area contributed by atoms with Gasteiger partial charge in [0.15, 0.2) is 11.5 Å². The fraction of sp³-hybridized carbons (Fsp3) is 0.350. The van der Waals surface area contributed by atoms with Crippen molar-refractivity contribution in [3.63, 3.8) is 0 Å². The lowest BCUT2D eigenvalue weighted by Gasteiger charge is -2.24. The first-order valence-corrected chi connectivity index (χ1v) is 8.49. The second-order valence-corrected chi connectivity index (χ2v) is 6.47. The number of rotatable bonds is 6. The first kappa shape index (κ1) is 17.3. The average molecular weight is 341 g/mol. The van der Waals surface area contributed by atoms with E-state index < -0.39 is 5.60 Å². The van der Waals surface area contributed by atoms with Gasteiger partial charge in [0, 0.05) is 5.56 Å². The third-order valence-electron chi connectivity index (χ3n) is 4.34. The van der Waals surface area contributed by atoms with Gasteiger partial charge in [-0.3, -0.25) is 4.79 Å². The number of aliphatic hydroxyl groups is 1. The minimum absolute atomic E-state index is 0.0994. The molecule has 0 aromatic heterocycles. The van der Waals surface area contributed by atoms with Crippen LogP contribution in [0.2, 0.25) is 0 Å². The molecule has 0 fully saturated rings. The van der Waals surface area contributed by atoms with Crippen LogP contribution in [-0.4, -0.2) is 24.4 Å². The molecule has 0 saturated heterocycles. The highest BCUT2D eigenvalue weighted by molar-refractivity contribution is 5.94. The van der Waals surface area contributed by atoms with Crippen LogP contribution in [0, 0.1) is 0 Å².